The van der Waals surface area contributed by atoms with Crippen molar-refractivity contribution in [2.24, 2.45) is 11.7 Å². The van der Waals surface area contributed by atoms with Crippen molar-refractivity contribution in [1.29, 1.82) is 0 Å². The number of carboxylic acid groups (broad SMARTS) is 1. The Kier molecular flexibility index (Phi) is 3.94. The summed E-state index contributed by atoms with van der Waals surface area (Å²) in [6.45, 7) is 1.04. The van der Waals surface area contributed by atoms with Gasteiger partial charge >= 0.3 is 5.97 Å². The number of aromatic nitrogens is 1. The van der Waals surface area contributed by atoms with Gasteiger partial charge in [-0.05, 0) is 31.6 Å². The number of aliphatic carboxylic acids is 1. The van der Waals surface area contributed by atoms with E-state index in [0.29, 0.717) is 11.7 Å². The summed E-state index contributed by atoms with van der Waals surface area (Å²) < 4.78 is 0. The molecule has 1 aliphatic carbocycles. The van der Waals surface area contributed by atoms with Gasteiger partial charge in [-0.2, -0.15) is 0 Å². The van der Waals surface area contributed by atoms with Crippen molar-refractivity contribution < 1.29 is 9.90 Å². The molecule has 1 aromatic rings. The first kappa shape index (κ1) is 13.8. The molecule has 1 saturated carbocycles. The fraction of sp³-hybridized carbons (Fsp3) is 0.714. The number of hydrogen-bond acceptors (Lipinski definition) is 5. The average molecular weight is 295 g/mol. The highest BCUT2D eigenvalue weighted by molar-refractivity contribution is 7.13. The van der Waals surface area contributed by atoms with Gasteiger partial charge < -0.3 is 15.7 Å². The van der Waals surface area contributed by atoms with Crippen molar-refractivity contribution in [1.82, 2.24) is 4.98 Å². The maximum absolute atomic E-state index is 10.9. The Morgan fingerprint density at radius 1 is 1.40 bits per heavy atom. The van der Waals surface area contributed by atoms with Crippen molar-refractivity contribution in [2.45, 2.75) is 50.6 Å². The van der Waals surface area contributed by atoms with Crippen LogP contribution in [0.5, 0.6) is 0 Å². The maximum Gasteiger partial charge on any atom is 0.326 e. The van der Waals surface area contributed by atoms with Crippen molar-refractivity contribution in [2.75, 3.05) is 11.4 Å². The van der Waals surface area contributed by atoms with Crippen molar-refractivity contribution in [3.63, 3.8) is 0 Å². The standard InChI is InChI=1S/C14H21N3O2S/c15-12(13(18)19)10-8-20-14(16-10)17-7-3-5-9-4-1-2-6-11(9)17/h8-9,11-12H,1-7,15H2,(H,18,19)/t9-,11-,12?/m1/s1. The van der Waals surface area contributed by atoms with Crippen LogP contribution in [0.3, 0.4) is 0 Å². The second-order valence-electron chi connectivity index (χ2n) is 5.82. The molecule has 0 spiro atoms. The fourth-order valence-electron chi connectivity index (χ4n) is 3.54. The number of rotatable bonds is 3. The molecule has 3 rings (SSSR count). The van der Waals surface area contributed by atoms with Gasteiger partial charge in [0, 0.05) is 18.0 Å². The number of fused-ring (bicyclic) bond motifs is 1. The van der Waals surface area contributed by atoms with E-state index in [1.807, 2.05) is 0 Å². The van der Waals surface area contributed by atoms with E-state index < -0.39 is 12.0 Å². The molecule has 1 aliphatic heterocycles. The Labute approximate surface area is 122 Å². The third-order valence-corrected chi connectivity index (χ3v) is 5.48. The van der Waals surface area contributed by atoms with Gasteiger partial charge in [-0.3, -0.25) is 4.79 Å². The smallest absolute Gasteiger partial charge is 0.326 e. The summed E-state index contributed by atoms with van der Waals surface area (Å²) in [7, 11) is 0. The molecule has 3 atom stereocenters. The number of hydrogen-bond donors (Lipinski definition) is 2. The second-order valence-corrected chi connectivity index (χ2v) is 6.65. The average Bonchev–Trinajstić information content (AvgIpc) is 2.95. The van der Waals surface area contributed by atoms with E-state index in [4.69, 9.17) is 10.8 Å². The number of anilines is 1. The molecule has 6 heteroatoms. The molecule has 1 aromatic heterocycles. The van der Waals surface area contributed by atoms with Gasteiger partial charge in [0.25, 0.3) is 0 Å². The molecule has 2 heterocycles. The lowest BCUT2D eigenvalue weighted by molar-refractivity contribution is -0.138. The molecule has 110 valence electrons. The predicted octanol–water partition coefficient (Wildman–Crippen LogP) is 2.39. The summed E-state index contributed by atoms with van der Waals surface area (Å²) in [5.41, 5.74) is 6.12. The molecule has 5 nitrogen and oxygen atoms in total. The van der Waals surface area contributed by atoms with Gasteiger partial charge in [0.05, 0.1) is 5.69 Å². The zero-order valence-corrected chi connectivity index (χ0v) is 12.3. The summed E-state index contributed by atoms with van der Waals surface area (Å²) in [5.74, 6) is -0.228. The third kappa shape index (κ3) is 2.54. The van der Waals surface area contributed by atoms with Crippen LogP contribution < -0.4 is 10.6 Å². The molecule has 1 unspecified atom stereocenters. The third-order valence-electron chi connectivity index (χ3n) is 4.58. The Hall–Kier alpha value is -1.14. The quantitative estimate of drug-likeness (QED) is 0.895. The molecular formula is C14H21N3O2S. The minimum atomic E-state index is -1.02. The molecule has 0 amide bonds. The first-order valence-corrected chi connectivity index (χ1v) is 8.25. The maximum atomic E-state index is 10.9. The van der Waals surface area contributed by atoms with E-state index >= 15 is 0 Å². The highest BCUT2D eigenvalue weighted by Gasteiger charge is 2.34. The van der Waals surface area contributed by atoms with Crippen molar-refractivity contribution in [3.8, 4) is 0 Å². The molecule has 0 radical (unpaired) electrons. The molecule has 3 N–H and O–H groups in total. The van der Waals surface area contributed by atoms with Crippen LogP contribution in [0, 0.1) is 5.92 Å². The normalized spacial score (nSPS) is 27.9. The van der Waals surface area contributed by atoms with Gasteiger partial charge in [-0.25, -0.2) is 4.98 Å². The predicted molar refractivity (Wildman–Crippen MR) is 79.0 cm³/mol. The summed E-state index contributed by atoms with van der Waals surface area (Å²) in [4.78, 5) is 17.8. The molecule has 0 aromatic carbocycles. The van der Waals surface area contributed by atoms with Gasteiger partial charge in [-0.15, -0.1) is 11.3 Å². The Bertz CT molecular complexity index is 489. The molecule has 2 aliphatic rings. The van der Waals surface area contributed by atoms with Gasteiger partial charge in [0.15, 0.2) is 5.13 Å². The first-order chi connectivity index (χ1) is 9.66. The van der Waals surface area contributed by atoms with E-state index in [-0.39, 0.29) is 0 Å². The van der Waals surface area contributed by atoms with Crippen LogP contribution in [0.25, 0.3) is 0 Å². The lowest BCUT2D eigenvalue weighted by atomic mass is 9.78. The Balaban J connectivity index is 1.79. The molecule has 2 fully saturated rings. The van der Waals surface area contributed by atoms with Crippen LogP contribution in [-0.2, 0) is 4.79 Å². The summed E-state index contributed by atoms with van der Waals surface area (Å²) in [6, 6.07) is -0.413. The van der Waals surface area contributed by atoms with Crippen molar-refractivity contribution in [3.05, 3.63) is 11.1 Å². The first-order valence-electron chi connectivity index (χ1n) is 7.37. The molecule has 0 bridgehead atoms. The monoisotopic (exact) mass is 295 g/mol. The molecule has 20 heavy (non-hydrogen) atoms. The number of nitrogens with zero attached hydrogens (tertiary/aromatic N) is 2. The van der Waals surface area contributed by atoms with Crippen LogP contribution in [0.15, 0.2) is 5.38 Å². The zero-order valence-electron chi connectivity index (χ0n) is 11.5. The van der Waals surface area contributed by atoms with E-state index in [9.17, 15) is 4.79 Å². The van der Waals surface area contributed by atoms with Gasteiger partial charge in [0.1, 0.15) is 6.04 Å². The van der Waals surface area contributed by atoms with E-state index in [1.54, 1.807) is 5.38 Å². The fourth-order valence-corrected chi connectivity index (χ4v) is 4.49. The van der Waals surface area contributed by atoms with Gasteiger partial charge in [-0.1, -0.05) is 12.8 Å². The number of nitrogens with two attached hydrogens (primary N) is 1. The van der Waals surface area contributed by atoms with Crippen LogP contribution >= 0.6 is 11.3 Å². The molecule has 1 saturated heterocycles. The highest BCUT2D eigenvalue weighted by atomic mass is 32.1. The number of carboxylic acids is 1. The van der Waals surface area contributed by atoms with Crippen molar-refractivity contribution >= 4 is 22.4 Å². The topological polar surface area (TPSA) is 79.5 Å². The van der Waals surface area contributed by atoms with Gasteiger partial charge in [0.2, 0.25) is 0 Å². The van der Waals surface area contributed by atoms with Crippen LogP contribution in [0.4, 0.5) is 5.13 Å². The zero-order chi connectivity index (χ0) is 14.1. The minimum absolute atomic E-state index is 0.482. The second kappa shape index (κ2) is 5.69. The summed E-state index contributed by atoms with van der Waals surface area (Å²) in [5, 5.41) is 11.7. The number of thiazole rings is 1. The number of piperidine rings is 1. The van der Waals surface area contributed by atoms with E-state index in [1.165, 1.54) is 49.9 Å². The summed E-state index contributed by atoms with van der Waals surface area (Å²) in [6.07, 6.45) is 7.75. The summed E-state index contributed by atoms with van der Waals surface area (Å²) >= 11 is 1.53. The van der Waals surface area contributed by atoms with Crippen LogP contribution in [0.1, 0.15) is 50.3 Å². The van der Waals surface area contributed by atoms with E-state index in [2.05, 4.69) is 9.88 Å². The Morgan fingerprint density at radius 3 is 2.95 bits per heavy atom. The lowest BCUT2D eigenvalue weighted by Crippen LogP contribution is -2.46. The van der Waals surface area contributed by atoms with Crippen LogP contribution in [0.2, 0.25) is 0 Å². The van der Waals surface area contributed by atoms with Crippen LogP contribution in [-0.4, -0.2) is 28.6 Å². The minimum Gasteiger partial charge on any atom is -0.480 e. The Morgan fingerprint density at radius 2 is 2.15 bits per heavy atom. The lowest BCUT2D eigenvalue weighted by Gasteiger charge is -2.44. The number of carbonyl (C=O) groups is 1. The SMILES string of the molecule is NC(C(=O)O)c1csc(N2CCC[C@H]3CCCC[C@H]32)n1. The van der Waals surface area contributed by atoms with E-state index in [0.717, 1.165) is 17.6 Å². The highest BCUT2D eigenvalue weighted by Crippen LogP contribution is 2.38. The largest absolute Gasteiger partial charge is 0.480 e. The molecular weight excluding hydrogens is 274 g/mol.